The summed E-state index contributed by atoms with van der Waals surface area (Å²) in [5.41, 5.74) is 4.08. The Bertz CT molecular complexity index is 1160. The van der Waals surface area contributed by atoms with E-state index in [9.17, 15) is 4.79 Å². The number of aryl methyl sites for hydroxylation is 2. The number of nitrogens with one attached hydrogen (secondary N) is 1. The summed E-state index contributed by atoms with van der Waals surface area (Å²) in [6.07, 6.45) is 5.97. The molecule has 0 spiro atoms. The van der Waals surface area contributed by atoms with E-state index >= 15 is 0 Å². The Morgan fingerprint density at radius 1 is 1.15 bits per heavy atom. The van der Waals surface area contributed by atoms with Crippen molar-refractivity contribution in [1.82, 2.24) is 30.1 Å². The average molecular weight is 467 g/mol. The third kappa shape index (κ3) is 5.23. The predicted octanol–water partition coefficient (Wildman–Crippen LogP) is 4.31. The lowest BCUT2D eigenvalue weighted by Gasteiger charge is -2.41. The van der Waals surface area contributed by atoms with E-state index in [4.69, 9.17) is 4.74 Å². The van der Waals surface area contributed by atoms with Gasteiger partial charge >= 0.3 is 0 Å². The van der Waals surface area contributed by atoms with Crippen LogP contribution in [0.5, 0.6) is 0 Å². The van der Waals surface area contributed by atoms with Crippen LogP contribution in [-0.2, 0) is 17.8 Å². The lowest BCUT2D eigenvalue weighted by Crippen LogP contribution is -2.43. The highest BCUT2D eigenvalue weighted by atomic mass is 16.5. The van der Waals surface area contributed by atoms with Crippen molar-refractivity contribution in [2.24, 2.45) is 5.92 Å². The Kier molecular flexibility index (Phi) is 7.78. The standard InChI is InChI=1S/C26H38N6O2/c1-17(2)24(25-28-29-30-32(25)11-12-34-5)31(22-9-7-6-8-10-22)16-21-15-20-13-18(3)19(4)14-23(20)27-26(21)33/h13-15,17,22,24H,6-12,16H2,1-5H3,(H,27,33)/t24-/m1/s1. The summed E-state index contributed by atoms with van der Waals surface area (Å²) in [6.45, 7) is 10.3. The number of ether oxygens (including phenoxy) is 1. The molecule has 0 aliphatic heterocycles. The molecule has 0 saturated heterocycles. The number of tetrazole rings is 1. The molecule has 0 unspecified atom stereocenters. The van der Waals surface area contributed by atoms with Crippen molar-refractivity contribution < 1.29 is 4.74 Å². The number of methoxy groups -OCH3 is 1. The summed E-state index contributed by atoms with van der Waals surface area (Å²) in [5, 5.41) is 13.8. The summed E-state index contributed by atoms with van der Waals surface area (Å²) < 4.78 is 7.14. The Hall–Kier alpha value is -2.58. The molecule has 3 aromatic rings. The minimum absolute atomic E-state index is 0.00445. The van der Waals surface area contributed by atoms with Gasteiger partial charge in [-0.05, 0) is 77.7 Å². The van der Waals surface area contributed by atoms with Crippen molar-refractivity contribution in [1.29, 1.82) is 0 Å². The SMILES string of the molecule is COCCn1nnnc1[C@@H](C(C)C)N(Cc1cc2cc(C)c(C)cc2[nH]c1=O)C1CCCCC1. The smallest absolute Gasteiger partial charge is 0.252 e. The van der Waals surface area contributed by atoms with Crippen LogP contribution in [0, 0.1) is 19.8 Å². The first-order chi connectivity index (χ1) is 16.4. The molecule has 2 heterocycles. The number of benzene rings is 1. The number of aromatic nitrogens is 5. The van der Waals surface area contributed by atoms with Gasteiger partial charge in [0.1, 0.15) is 0 Å². The van der Waals surface area contributed by atoms with Crippen molar-refractivity contribution in [3.05, 3.63) is 51.1 Å². The van der Waals surface area contributed by atoms with Crippen molar-refractivity contribution in [2.45, 2.75) is 85.0 Å². The van der Waals surface area contributed by atoms with Gasteiger partial charge in [0.15, 0.2) is 5.82 Å². The van der Waals surface area contributed by atoms with Crippen LogP contribution in [0.25, 0.3) is 10.9 Å². The van der Waals surface area contributed by atoms with E-state index in [1.807, 2.05) is 4.68 Å². The molecule has 1 fully saturated rings. The van der Waals surface area contributed by atoms with Gasteiger partial charge in [-0.15, -0.1) is 5.10 Å². The van der Waals surface area contributed by atoms with Crippen LogP contribution < -0.4 is 5.56 Å². The van der Waals surface area contributed by atoms with Crippen LogP contribution in [0.1, 0.15) is 74.5 Å². The van der Waals surface area contributed by atoms with Crippen molar-refractivity contribution in [3.63, 3.8) is 0 Å². The predicted molar refractivity (Wildman–Crippen MR) is 134 cm³/mol. The van der Waals surface area contributed by atoms with E-state index in [-0.39, 0.29) is 17.5 Å². The Morgan fingerprint density at radius 2 is 1.88 bits per heavy atom. The van der Waals surface area contributed by atoms with Gasteiger partial charge in [0.25, 0.3) is 5.56 Å². The molecule has 1 N–H and O–H groups in total. The van der Waals surface area contributed by atoms with Gasteiger partial charge in [-0.1, -0.05) is 33.1 Å². The number of H-pyrrole nitrogens is 1. The zero-order chi connectivity index (χ0) is 24.2. The Labute approximate surface area is 201 Å². The zero-order valence-electron chi connectivity index (χ0n) is 21.2. The third-order valence-electron chi connectivity index (χ3n) is 7.25. The molecule has 1 saturated carbocycles. The van der Waals surface area contributed by atoms with Crippen LogP contribution in [0.3, 0.4) is 0 Å². The Morgan fingerprint density at radius 3 is 2.59 bits per heavy atom. The number of rotatable bonds is 9. The second kappa shape index (κ2) is 10.8. The van der Waals surface area contributed by atoms with E-state index in [0.717, 1.165) is 35.1 Å². The van der Waals surface area contributed by atoms with Gasteiger partial charge in [0, 0.05) is 30.8 Å². The molecule has 1 aromatic carbocycles. The largest absolute Gasteiger partial charge is 0.383 e. The Balaban J connectivity index is 1.75. The number of pyridine rings is 1. The normalized spacial score (nSPS) is 16.1. The maximum Gasteiger partial charge on any atom is 0.252 e. The molecule has 2 aromatic heterocycles. The van der Waals surface area contributed by atoms with Gasteiger partial charge in [-0.3, -0.25) is 9.69 Å². The molecule has 34 heavy (non-hydrogen) atoms. The van der Waals surface area contributed by atoms with Gasteiger partial charge in [-0.2, -0.15) is 0 Å². The summed E-state index contributed by atoms with van der Waals surface area (Å²) in [7, 11) is 1.69. The molecule has 1 aliphatic carbocycles. The average Bonchev–Trinajstić information content (AvgIpc) is 3.27. The topological polar surface area (TPSA) is 88.9 Å². The number of hydrogen-bond acceptors (Lipinski definition) is 6. The first-order valence-corrected chi connectivity index (χ1v) is 12.5. The highest BCUT2D eigenvalue weighted by molar-refractivity contribution is 5.80. The second-order valence-electron chi connectivity index (χ2n) is 10.1. The fraction of sp³-hybridized carbons (Fsp3) is 0.615. The molecule has 4 rings (SSSR count). The highest BCUT2D eigenvalue weighted by Crippen LogP contribution is 2.35. The first kappa shape index (κ1) is 24.5. The summed E-state index contributed by atoms with van der Waals surface area (Å²) >= 11 is 0. The van der Waals surface area contributed by atoms with Gasteiger partial charge in [0.05, 0.1) is 19.2 Å². The van der Waals surface area contributed by atoms with Gasteiger partial charge in [-0.25, -0.2) is 4.68 Å². The fourth-order valence-corrected chi connectivity index (χ4v) is 5.29. The molecule has 1 aliphatic rings. The summed E-state index contributed by atoms with van der Waals surface area (Å²) in [6, 6.07) is 6.70. The fourth-order valence-electron chi connectivity index (χ4n) is 5.29. The lowest BCUT2D eigenvalue weighted by atomic mass is 9.90. The maximum absolute atomic E-state index is 13.2. The summed E-state index contributed by atoms with van der Waals surface area (Å²) in [5.74, 6) is 1.12. The molecule has 0 amide bonds. The highest BCUT2D eigenvalue weighted by Gasteiger charge is 2.34. The van der Waals surface area contributed by atoms with E-state index in [2.05, 4.69) is 71.3 Å². The summed E-state index contributed by atoms with van der Waals surface area (Å²) in [4.78, 5) is 18.8. The molecule has 8 nitrogen and oxygen atoms in total. The first-order valence-electron chi connectivity index (χ1n) is 12.5. The van der Waals surface area contributed by atoms with Crippen molar-refractivity contribution in [3.8, 4) is 0 Å². The van der Waals surface area contributed by atoms with Crippen LogP contribution in [0.4, 0.5) is 0 Å². The van der Waals surface area contributed by atoms with Crippen molar-refractivity contribution in [2.75, 3.05) is 13.7 Å². The number of nitrogens with zero attached hydrogens (tertiary/aromatic N) is 5. The molecule has 0 radical (unpaired) electrons. The van der Waals surface area contributed by atoms with Gasteiger partial charge < -0.3 is 9.72 Å². The zero-order valence-corrected chi connectivity index (χ0v) is 21.2. The monoisotopic (exact) mass is 466 g/mol. The quantitative estimate of drug-likeness (QED) is 0.505. The van der Waals surface area contributed by atoms with E-state index < -0.39 is 0 Å². The minimum atomic E-state index is -0.0157. The maximum atomic E-state index is 13.2. The second-order valence-corrected chi connectivity index (χ2v) is 10.1. The molecule has 184 valence electrons. The van der Waals surface area contributed by atoms with Crippen LogP contribution >= 0.6 is 0 Å². The van der Waals surface area contributed by atoms with Crippen LogP contribution in [0.15, 0.2) is 23.0 Å². The molecule has 0 bridgehead atoms. The van der Waals surface area contributed by atoms with E-state index in [1.165, 1.54) is 30.4 Å². The lowest BCUT2D eigenvalue weighted by molar-refractivity contribution is 0.0597. The molecule has 8 heteroatoms. The number of aromatic amines is 1. The number of hydrogen-bond donors (Lipinski definition) is 1. The van der Waals surface area contributed by atoms with Crippen LogP contribution in [-0.4, -0.2) is 49.8 Å². The molecule has 1 atom stereocenters. The van der Waals surface area contributed by atoms with E-state index in [1.54, 1.807) is 7.11 Å². The van der Waals surface area contributed by atoms with Crippen molar-refractivity contribution >= 4 is 10.9 Å². The molecular formula is C26H38N6O2. The molecular weight excluding hydrogens is 428 g/mol. The minimum Gasteiger partial charge on any atom is -0.383 e. The van der Waals surface area contributed by atoms with E-state index in [0.29, 0.717) is 25.7 Å². The van der Waals surface area contributed by atoms with Crippen LogP contribution in [0.2, 0.25) is 0 Å². The number of fused-ring (bicyclic) bond motifs is 1. The third-order valence-corrected chi connectivity index (χ3v) is 7.25. The van der Waals surface area contributed by atoms with Gasteiger partial charge in [0.2, 0.25) is 0 Å².